The molecule has 0 aromatic heterocycles. The molecule has 0 aliphatic heterocycles. The van der Waals surface area contributed by atoms with Gasteiger partial charge in [-0.05, 0) is 43.4 Å². The summed E-state index contributed by atoms with van der Waals surface area (Å²) in [5, 5.41) is 0. The number of methoxy groups -OCH3 is 1. The van der Waals surface area contributed by atoms with Gasteiger partial charge in [0.25, 0.3) is 0 Å². The van der Waals surface area contributed by atoms with Crippen LogP contribution in [0, 0.1) is 12.7 Å². The number of hydrogen-bond acceptors (Lipinski definition) is 2. The van der Waals surface area contributed by atoms with Crippen LogP contribution in [0.15, 0.2) is 6.07 Å². The van der Waals surface area contributed by atoms with Crippen molar-refractivity contribution in [3.8, 4) is 5.75 Å². The van der Waals surface area contributed by atoms with E-state index in [0.29, 0.717) is 11.3 Å². The zero-order chi connectivity index (χ0) is 14.0. The van der Waals surface area contributed by atoms with Crippen LogP contribution in [0.1, 0.15) is 55.7 Å². The van der Waals surface area contributed by atoms with Crippen molar-refractivity contribution in [1.29, 1.82) is 0 Å². The van der Waals surface area contributed by atoms with Gasteiger partial charge in [-0.2, -0.15) is 0 Å². The Hall–Kier alpha value is -1.09. The van der Waals surface area contributed by atoms with Crippen LogP contribution < -0.4 is 10.5 Å². The van der Waals surface area contributed by atoms with Crippen LogP contribution in [0.5, 0.6) is 5.75 Å². The molecule has 0 radical (unpaired) electrons. The molecule has 1 aromatic rings. The van der Waals surface area contributed by atoms with Gasteiger partial charge in [0.2, 0.25) is 0 Å². The van der Waals surface area contributed by atoms with Crippen LogP contribution in [0.4, 0.5) is 4.39 Å². The largest absolute Gasteiger partial charge is 0.496 e. The van der Waals surface area contributed by atoms with E-state index in [1.165, 1.54) is 6.42 Å². The lowest BCUT2D eigenvalue weighted by molar-refractivity contribution is 0.297. The van der Waals surface area contributed by atoms with Crippen LogP contribution in [0.2, 0.25) is 0 Å². The van der Waals surface area contributed by atoms with Gasteiger partial charge in [-0.3, -0.25) is 0 Å². The van der Waals surface area contributed by atoms with Crippen molar-refractivity contribution >= 4 is 0 Å². The van der Waals surface area contributed by atoms with Crippen LogP contribution in [-0.4, -0.2) is 7.11 Å². The molecule has 0 bridgehead atoms. The first-order valence-electron chi connectivity index (χ1n) is 7.19. The van der Waals surface area contributed by atoms with Crippen LogP contribution in [0.25, 0.3) is 0 Å². The second-order valence-electron chi connectivity index (χ2n) is 5.61. The Morgan fingerprint density at radius 3 is 2.47 bits per heavy atom. The van der Waals surface area contributed by atoms with Gasteiger partial charge in [0.05, 0.1) is 7.11 Å². The topological polar surface area (TPSA) is 35.2 Å². The average Bonchev–Trinajstić information content (AvgIpc) is 2.41. The Morgan fingerprint density at radius 2 is 1.95 bits per heavy atom. The minimum atomic E-state index is -0.384. The van der Waals surface area contributed by atoms with E-state index in [4.69, 9.17) is 10.5 Å². The maximum Gasteiger partial charge on any atom is 0.130 e. The third-order valence-corrected chi connectivity index (χ3v) is 4.41. The number of rotatable bonds is 3. The van der Waals surface area contributed by atoms with Crippen molar-refractivity contribution in [1.82, 2.24) is 0 Å². The number of ether oxygens (including phenoxy) is 1. The van der Waals surface area contributed by atoms with E-state index in [0.717, 1.165) is 43.2 Å². The Kier molecular flexibility index (Phi) is 4.14. The van der Waals surface area contributed by atoms with E-state index >= 15 is 0 Å². The van der Waals surface area contributed by atoms with Gasteiger partial charge in [0.1, 0.15) is 11.6 Å². The summed E-state index contributed by atoms with van der Waals surface area (Å²) in [7, 11) is 1.61. The van der Waals surface area contributed by atoms with Crippen molar-refractivity contribution in [2.24, 2.45) is 5.73 Å². The van der Waals surface area contributed by atoms with E-state index < -0.39 is 0 Å². The van der Waals surface area contributed by atoms with Crippen LogP contribution in [0.3, 0.4) is 0 Å². The lowest BCUT2D eigenvalue weighted by Gasteiger charge is -2.36. The lowest BCUT2D eigenvalue weighted by Crippen LogP contribution is -2.39. The summed E-state index contributed by atoms with van der Waals surface area (Å²) in [4.78, 5) is 0. The fourth-order valence-electron chi connectivity index (χ4n) is 3.30. The number of nitrogens with two attached hydrogens (primary N) is 1. The molecule has 1 saturated carbocycles. The fourth-order valence-corrected chi connectivity index (χ4v) is 3.30. The first kappa shape index (κ1) is 14.3. The van der Waals surface area contributed by atoms with Crippen LogP contribution in [-0.2, 0) is 12.0 Å². The molecule has 0 unspecified atom stereocenters. The van der Waals surface area contributed by atoms with Gasteiger partial charge < -0.3 is 10.5 Å². The molecule has 106 valence electrons. The van der Waals surface area contributed by atoms with E-state index in [2.05, 4.69) is 6.92 Å². The highest BCUT2D eigenvalue weighted by molar-refractivity contribution is 5.49. The van der Waals surface area contributed by atoms with Crippen LogP contribution >= 0.6 is 0 Å². The van der Waals surface area contributed by atoms with Crippen molar-refractivity contribution in [2.75, 3.05) is 7.11 Å². The monoisotopic (exact) mass is 265 g/mol. The number of halogens is 1. The first-order chi connectivity index (χ1) is 9.03. The zero-order valence-electron chi connectivity index (χ0n) is 12.2. The normalized spacial score (nSPS) is 18.4. The summed E-state index contributed by atoms with van der Waals surface area (Å²) in [6, 6.07) is 1.64. The highest BCUT2D eigenvalue weighted by atomic mass is 19.1. The number of hydrogen-bond donors (Lipinski definition) is 1. The molecule has 3 heteroatoms. The van der Waals surface area contributed by atoms with E-state index in [9.17, 15) is 4.39 Å². The highest BCUT2D eigenvalue weighted by Gasteiger charge is 2.33. The zero-order valence-corrected chi connectivity index (χ0v) is 12.2. The maximum absolute atomic E-state index is 14.1. The van der Waals surface area contributed by atoms with Gasteiger partial charge in [-0.15, -0.1) is 0 Å². The second kappa shape index (κ2) is 5.49. The van der Waals surface area contributed by atoms with Crippen molar-refractivity contribution < 1.29 is 9.13 Å². The fraction of sp³-hybridized carbons (Fsp3) is 0.625. The first-order valence-corrected chi connectivity index (χ1v) is 7.19. The molecule has 0 heterocycles. The molecular formula is C16H24FNO. The molecule has 19 heavy (non-hydrogen) atoms. The molecule has 2 nitrogen and oxygen atoms in total. The Balaban J connectivity index is 2.58. The van der Waals surface area contributed by atoms with Gasteiger partial charge in [0, 0.05) is 11.1 Å². The van der Waals surface area contributed by atoms with Gasteiger partial charge in [-0.25, -0.2) is 4.39 Å². The highest BCUT2D eigenvalue weighted by Crippen LogP contribution is 2.41. The molecule has 1 fully saturated rings. The predicted octanol–water partition coefficient (Wildman–Crippen LogP) is 3.82. The molecule has 0 spiro atoms. The minimum Gasteiger partial charge on any atom is -0.496 e. The van der Waals surface area contributed by atoms with Gasteiger partial charge >= 0.3 is 0 Å². The SMILES string of the molecule is CCc1c(C2(N)CCCCC2)cc(F)c(C)c1OC. The molecule has 0 saturated heterocycles. The average molecular weight is 265 g/mol. The molecule has 0 amide bonds. The molecule has 1 aromatic carbocycles. The summed E-state index contributed by atoms with van der Waals surface area (Å²) in [6.45, 7) is 3.84. The Bertz CT molecular complexity index is 464. The molecule has 1 aliphatic rings. The maximum atomic E-state index is 14.1. The van der Waals surface area contributed by atoms with Crippen molar-refractivity contribution in [3.63, 3.8) is 0 Å². The summed E-state index contributed by atoms with van der Waals surface area (Å²) < 4.78 is 19.6. The Labute approximate surface area is 115 Å². The smallest absolute Gasteiger partial charge is 0.130 e. The van der Waals surface area contributed by atoms with Crippen molar-refractivity contribution in [3.05, 3.63) is 28.6 Å². The quantitative estimate of drug-likeness (QED) is 0.901. The van der Waals surface area contributed by atoms with E-state index in [-0.39, 0.29) is 11.4 Å². The third-order valence-electron chi connectivity index (χ3n) is 4.41. The van der Waals surface area contributed by atoms with E-state index in [1.807, 2.05) is 0 Å². The van der Waals surface area contributed by atoms with Gasteiger partial charge in [0.15, 0.2) is 0 Å². The molecule has 2 rings (SSSR count). The molecule has 0 atom stereocenters. The summed E-state index contributed by atoms with van der Waals surface area (Å²) in [6.07, 6.45) is 6.16. The second-order valence-corrected chi connectivity index (χ2v) is 5.61. The summed E-state index contributed by atoms with van der Waals surface area (Å²) in [5.41, 5.74) is 8.81. The summed E-state index contributed by atoms with van der Waals surface area (Å²) in [5.74, 6) is 0.465. The Morgan fingerprint density at radius 1 is 1.32 bits per heavy atom. The molecular weight excluding hydrogens is 241 g/mol. The molecule has 1 aliphatic carbocycles. The predicted molar refractivity (Wildman–Crippen MR) is 76.0 cm³/mol. The van der Waals surface area contributed by atoms with Gasteiger partial charge in [-0.1, -0.05) is 26.2 Å². The lowest BCUT2D eigenvalue weighted by atomic mass is 9.75. The summed E-state index contributed by atoms with van der Waals surface area (Å²) >= 11 is 0. The standard InChI is InChI=1S/C16H24FNO/c1-4-12-13(16(18)8-6-5-7-9-16)10-14(17)11(2)15(12)19-3/h10H,4-9,18H2,1-3H3. The van der Waals surface area contributed by atoms with Crippen molar-refractivity contribution in [2.45, 2.75) is 57.9 Å². The van der Waals surface area contributed by atoms with E-state index in [1.54, 1.807) is 20.1 Å². The molecule has 2 N–H and O–H groups in total. The number of benzene rings is 1. The minimum absolute atomic E-state index is 0.209. The third kappa shape index (κ3) is 2.48.